The molecule has 0 saturated heterocycles. The van der Waals surface area contributed by atoms with Gasteiger partial charge < -0.3 is 4.74 Å². The van der Waals surface area contributed by atoms with E-state index in [0.717, 1.165) is 5.92 Å². The lowest BCUT2D eigenvalue weighted by Crippen LogP contribution is -2.05. The molecule has 1 aromatic rings. The summed E-state index contributed by atoms with van der Waals surface area (Å²) in [5.74, 6) is 0.842. The third-order valence-corrected chi connectivity index (χ3v) is 3.99. The Morgan fingerprint density at radius 3 is 2.21 bits per heavy atom. The Kier molecular flexibility index (Phi) is 7.81. The maximum Gasteiger partial charge on any atom is 0.0543 e. The van der Waals surface area contributed by atoms with Crippen molar-refractivity contribution >= 4 is 0 Å². The summed E-state index contributed by atoms with van der Waals surface area (Å²) in [6.07, 6.45) is 8.11. The van der Waals surface area contributed by atoms with Gasteiger partial charge in [0.15, 0.2) is 0 Å². The van der Waals surface area contributed by atoms with Gasteiger partial charge in [0.05, 0.1) is 6.10 Å². The van der Waals surface area contributed by atoms with Gasteiger partial charge in [-0.3, -0.25) is 0 Å². The van der Waals surface area contributed by atoms with Crippen molar-refractivity contribution in [3.05, 3.63) is 35.4 Å². The van der Waals surface area contributed by atoms with E-state index in [-0.39, 0.29) is 0 Å². The fourth-order valence-corrected chi connectivity index (χ4v) is 2.43. The molecule has 0 aliphatic rings. The van der Waals surface area contributed by atoms with Crippen LogP contribution in [-0.4, -0.2) is 13.2 Å². The van der Waals surface area contributed by atoms with Gasteiger partial charge in [0, 0.05) is 7.11 Å². The Morgan fingerprint density at radius 2 is 1.58 bits per heavy atom. The molecule has 108 valence electrons. The smallest absolute Gasteiger partial charge is 0.0543 e. The van der Waals surface area contributed by atoms with Crippen LogP contribution in [0.25, 0.3) is 0 Å². The SMILES string of the molecule is COC(C)CCCC(C)CCCc1ccc(C)cc1. The zero-order valence-electron chi connectivity index (χ0n) is 13.1. The Labute approximate surface area is 119 Å². The summed E-state index contributed by atoms with van der Waals surface area (Å²) in [5, 5.41) is 0. The first-order chi connectivity index (χ1) is 9.11. The third kappa shape index (κ3) is 7.37. The fourth-order valence-electron chi connectivity index (χ4n) is 2.43. The van der Waals surface area contributed by atoms with Crippen molar-refractivity contribution in [3.63, 3.8) is 0 Å². The molecule has 2 unspecified atom stereocenters. The number of benzene rings is 1. The van der Waals surface area contributed by atoms with Gasteiger partial charge in [-0.15, -0.1) is 0 Å². The summed E-state index contributed by atoms with van der Waals surface area (Å²) >= 11 is 0. The first-order valence-electron chi connectivity index (χ1n) is 7.70. The van der Waals surface area contributed by atoms with E-state index in [9.17, 15) is 0 Å². The molecule has 1 rings (SSSR count). The molecular weight excluding hydrogens is 232 g/mol. The maximum atomic E-state index is 5.28. The molecule has 19 heavy (non-hydrogen) atoms. The largest absolute Gasteiger partial charge is 0.382 e. The topological polar surface area (TPSA) is 9.23 Å². The van der Waals surface area contributed by atoms with Crippen molar-refractivity contribution in [2.24, 2.45) is 5.92 Å². The van der Waals surface area contributed by atoms with E-state index in [0.29, 0.717) is 6.10 Å². The number of methoxy groups -OCH3 is 1. The molecule has 0 fully saturated rings. The number of aryl methyl sites for hydroxylation is 2. The van der Waals surface area contributed by atoms with E-state index in [1.807, 2.05) is 0 Å². The molecule has 0 spiro atoms. The lowest BCUT2D eigenvalue weighted by Gasteiger charge is -2.13. The van der Waals surface area contributed by atoms with Crippen molar-refractivity contribution in [3.8, 4) is 0 Å². The minimum atomic E-state index is 0.416. The molecular formula is C18H30O. The quantitative estimate of drug-likeness (QED) is 0.597. The molecule has 0 aliphatic heterocycles. The number of hydrogen-bond donors (Lipinski definition) is 0. The highest BCUT2D eigenvalue weighted by molar-refractivity contribution is 5.21. The molecule has 0 aliphatic carbocycles. The van der Waals surface area contributed by atoms with Gasteiger partial charge in [-0.1, -0.05) is 56.0 Å². The number of rotatable bonds is 9. The normalized spacial score (nSPS) is 14.3. The molecule has 0 amide bonds. The predicted octanol–water partition coefficient (Wildman–Crippen LogP) is 5.16. The van der Waals surface area contributed by atoms with E-state index >= 15 is 0 Å². The second-order valence-corrected chi connectivity index (χ2v) is 5.96. The maximum absolute atomic E-state index is 5.28. The van der Waals surface area contributed by atoms with Gasteiger partial charge in [0.1, 0.15) is 0 Å². The van der Waals surface area contributed by atoms with Crippen LogP contribution in [0.2, 0.25) is 0 Å². The zero-order chi connectivity index (χ0) is 14.1. The van der Waals surface area contributed by atoms with Crippen LogP contribution in [0.15, 0.2) is 24.3 Å². The van der Waals surface area contributed by atoms with Crippen molar-refractivity contribution in [1.82, 2.24) is 0 Å². The van der Waals surface area contributed by atoms with Crippen LogP contribution in [-0.2, 0) is 11.2 Å². The first kappa shape index (κ1) is 16.2. The molecule has 0 saturated carbocycles. The van der Waals surface area contributed by atoms with Crippen molar-refractivity contribution in [2.75, 3.05) is 7.11 Å². The fraction of sp³-hybridized carbons (Fsp3) is 0.667. The average Bonchev–Trinajstić information content (AvgIpc) is 2.41. The molecule has 0 radical (unpaired) electrons. The Morgan fingerprint density at radius 1 is 0.947 bits per heavy atom. The Hall–Kier alpha value is -0.820. The van der Waals surface area contributed by atoms with Crippen LogP contribution in [0.5, 0.6) is 0 Å². The average molecular weight is 262 g/mol. The lowest BCUT2D eigenvalue weighted by molar-refractivity contribution is 0.107. The summed E-state index contributed by atoms with van der Waals surface area (Å²) < 4.78 is 5.28. The first-order valence-corrected chi connectivity index (χ1v) is 7.70. The van der Waals surface area contributed by atoms with Crippen molar-refractivity contribution < 1.29 is 4.74 Å². The summed E-state index contributed by atoms with van der Waals surface area (Å²) in [4.78, 5) is 0. The van der Waals surface area contributed by atoms with Crippen LogP contribution in [0.1, 0.15) is 57.1 Å². The number of ether oxygens (including phenoxy) is 1. The lowest BCUT2D eigenvalue weighted by atomic mass is 9.95. The zero-order valence-corrected chi connectivity index (χ0v) is 13.1. The monoisotopic (exact) mass is 262 g/mol. The van der Waals surface area contributed by atoms with Crippen LogP contribution in [0.3, 0.4) is 0 Å². The Bertz CT molecular complexity index is 328. The third-order valence-electron chi connectivity index (χ3n) is 3.99. The Balaban J connectivity index is 2.10. The highest BCUT2D eigenvalue weighted by Gasteiger charge is 2.05. The minimum Gasteiger partial charge on any atom is -0.382 e. The van der Waals surface area contributed by atoms with Gasteiger partial charge in [-0.25, -0.2) is 0 Å². The van der Waals surface area contributed by atoms with E-state index < -0.39 is 0 Å². The van der Waals surface area contributed by atoms with Crippen LogP contribution in [0, 0.1) is 12.8 Å². The highest BCUT2D eigenvalue weighted by Crippen LogP contribution is 2.17. The molecule has 0 aromatic heterocycles. The summed E-state index contributed by atoms with van der Waals surface area (Å²) in [6, 6.07) is 8.95. The van der Waals surface area contributed by atoms with Gasteiger partial charge >= 0.3 is 0 Å². The second kappa shape index (κ2) is 9.14. The van der Waals surface area contributed by atoms with Crippen LogP contribution >= 0.6 is 0 Å². The molecule has 1 aromatic carbocycles. The standard InChI is InChI=1S/C18H30O/c1-15(7-5-9-17(3)19-4)8-6-10-18-13-11-16(2)12-14-18/h11-15,17H,5-10H2,1-4H3. The molecule has 0 N–H and O–H groups in total. The van der Waals surface area contributed by atoms with E-state index in [1.54, 1.807) is 7.11 Å². The van der Waals surface area contributed by atoms with Gasteiger partial charge in [-0.05, 0) is 44.6 Å². The highest BCUT2D eigenvalue weighted by atomic mass is 16.5. The van der Waals surface area contributed by atoms with Gasteiger partial charge in [0.2, 0.25) is 0 Å². The van der Waals surface area contributed by atoms with Crippen molar-refractivity contribution in [2.45, 2.75) is 65.4 Å². The van der Waals surface area contributed by atoms with Crippen LogP contribution < -0.4 is 0 Å². The molecule has 2 atom stereocenters. The molecule has 0 bridgehead atoms. The number of hydrogen-bond acceptors (Lipinski definition) is 1. The predicted molar refractivity (Wildman–Crippen MR) is 83.6 cm³/mol. The minimum absolute atomic E-state index is 0.416. The molecule has 1 heteroatoms. The molecule has 1 nitrogen and oxygen atoms in total. The second-order valence-electron chi connectivity index (χ2n) is 5.96. The van der Waals surface area contributed by atoms with E-state index in [1.165, 1.54) is 49.7 Å². The summed E-state index contributed by atoms with van der Waals surface area (Å²) in [5.41, 5.74) is 2.83. The van der Waals surface area contributed by atoms with Crippen molar-refractivity contribution in [1.29, 1.82) is 0 Å². The van der Waals surface area contributed by atoms with Gasteiger partial charge in [-0.2, -0.15) is 0 Å². The van der Waals surface area contributed by atoms with Crippen LogP contribution in [0.4, 0.5) is 0 Å². The van der Waals surface area contributed by atoms with Gasteiger partial charge in [0.25, 0.3) is 0 Å². The summed E-state index contributed by atoms with van der Waals surface area (Å²) in [6.45, 7) is 6.68. The van der Waals surface area contributed by atoms with E-state index in [2.05, 4.69) is 45.0 Å². The van der Waals surface area contributed by atoms with E-state index in [4.69, 9.17) is 4.74 Å². The molecule has 0 heterocycles. The summed E-state index contributed by atoms with van der Waals surface area (Å²) in [7, 11) is 1.80.